The number of piperazine rings is 1. The van der Waals surface area contributed by atoms with Crippen LogP contribution in [0.1, 0.15) is 21.5 Å². The number of hydrogen-bond donors (Lipinski definition) is 2. The summed E-state index contributed by atoms with van der Waals surface area (Å²) in [6, 6.07) is 9.99. The summed E-state index contributed by atoms with van der Waals surface area (Å²) < 4.78 is 57.6. The smallest absolute Gasteiger partial charge is 0.416 e. The number of fused-ring (bicyclic) bond motifs is 1. The number of hydrogen-bond acceptors (Lipinski definition) is 9. The van der Waals surface area contributed by atoms with E-state index < -0.39 is 23.7 Å². The molecule has 0 atom stereocenters. The van der Waals surface area contributed by atoms with Gasteiger partial charge in [0.25, 0.3) is 5.91 Å². The third-order valence-electron chi connectivity index (χ3n) is 6.71. The Balaban J connectivity index is 1.30. The molecule has 3 heterocycles. The molecule has 5 rings (SSSR count). The van der Waals surface area contributed by atoms with E-state index in [0.29, 0.717) is 29.8 Å². The van der Waals surface area contributed by atoms with Gasteiger partial charge in [-0.2, -0.15) is 18.2 Å². The van der Waals surface area contributed by atoms with Crippen LogP contribution in [0, 0.1) is 0 Å². The Morgan fingerprint density at radius 1 is 1.05 bits per heavy atom. The van der Waals surface area contributed by atoms with Crippen LogP contribution in [0.2, 0.25) is 0 Å². The monoisotopic (exact) mass is 584 g/mol. The number of furan rings is 1. The van der Waals surface area contributed by atoms with Crippen molar-refractivity contribution in [3.63, 3.8) is 0 Å². The number of benzene rings is 2. The molecule has 0 bridgehead atoms. The van der Waals surface area contributed by atoms with Gasteiger partial charge in [-0.3, -0.25) is 15.0 Å². The van der Waals surface area contributed by atoms with Gasteiger partial charge in [0.05, 0.1) is 18.2 Å². The van der Waals surface area contributed by atoms with Crippen molar-refractivity contribution in [3.8, 4) is 11.6 Å². The minimum atomic E-state index is -4.58. The van der Waals surface area contributed by atoms with Crippen molar-refractivity contribution < 1.29 is 36.7 Å². The summed E-state index contributed by atoms with van der Waals surface area (Å²) in [5.41, 5.74) is -0.170. The van der Waals surface area contributed by atoms with Gasteiger partial charge in [0.1, 0.15) is 17.6 Å². The average Bonchev–Trinajstić information content (AvgIpc) is 3.38. The number of carbonyl (C=O) groups is 2. The first kappa shape index (κ1) is 28.8. The Bertz CT molecular complexity index is 1600. The van der Waals surface area contributed by atoms with Crippen molar-refractivity contribution in [3.05, 3.63) is 71.6 Å². The van der Waals surface area contributed by atoms with E-state index in [-0.39, 0.29) is 35.2 Å². The minimum absolute atomic E-state index is 0.0175. The fourth-order valence-electron chi connectivity index (χ4n) is 4.47. The van der Waals surface area contributed by atoms with E-state index in [0.717, 1.165) is 19.2 Å². The summed E-state index contributed by atoms with van der Waals surface area (Å²) >= 11 is 0. The summed E-state index contributed by atoms with van der Waals surface area (Å²) in [6.07, 6.45) is -2.73. The number of halogens is 3. The number of nitrogens with zero attached hydrogens (tertiary/aromatic N) is 4. The highest BCUT2D eigenvalue weighted by Crippen LogP contribution is 2.35. The number of nitrogens with one attached hydrogen (secondary N) is 2. The molecule has 11 nitrogen and oxygen atoms in total. The number of aromatic nitrogens is 2. The zero-order chi connectivity index (χ0) is 29.9. The van der Waals surface area contributed by atoms with Crippen molar-refractivity contribution in [1.29, 1.82) is 0 Å². The molecule has 2 aromatic carbocycles. The number of carbonyl (C=O) groups excluding carboxylic acids is 2. The third kappa shape index (κ3) is 6.78. The van der Waals surface area contributed by atoms with Crippen molar-refractivity contribution in [2.45, 2.75) is 12.7 Å². The Morgan fingerprint density at radius 3 is 2.57 bits per heavy atom. The second-order valence-electron chi connectivity index (χ2n) is 9.65. The van der Waals surface area contributed by atoms with Gasteiger partial charge < -0.3 is 24.1 Å². The number of ether oxygens (including phenoxy) is 2. The van der Waals surface area contributed by atoms with E-state index in [1.54, 1.807) is 12.1 Å². The molecule has 2 N–H and O–H groups in total. The number of alkyl halides is 3. The summed E-state index contributed by atoms with van der Waals surface area (Å²) in [4.78, 5) is 36.5. The predicted molar refractivity (Wildman–Crippen MR) is 147 cm³/mol. The lowest BCUT2D eigenvalue weighted by Gasteiger charge is -2.33. The SMILES string of the molecule is COC(=O)Nc1nccc(Oc2ccc3c(C(=O)Nc4ccc(CN5CCN(C)CC5)c(C(F)(F)F)c4)coc3c2)n1. The second-order valence-corrected chi connectivity index (χ2v) is 9.65. The molecule has 0 spiro atoms. The highest BCUT2D eigenvalue weighted by atomic mass is 19.4. The highest BCUT2D eigenvalue weighted by Gasteiger charge is 2.34. The van der Waals surface area contributed by atoms with Gasteiger partial charge in [0.15, 0.2) is 0 Å². The average molecular weight is 585 g/mol. The van der Waals surface area contributed by atoms with Crippen LogP contribution in [0.5, 0.6) is 11.6 Å². The molecule has 42 heavy (non-hydrogen) atoms. The van der Waals surface area contributed by atoms with Crippen LogP contribution >= 0.6 is 0 Å². The van der Waals surface area contributed by atoms with Gasteiger partial charge in [-0.1, -0.05) is 6.07 Å². The molecular formula is C28H27F3N6O5. The quantitative estimate of drug-likeness (QED) is 0.301. The van der Waals surface area contributed by atoms with Crippen LogP contribution in [-0.4, -0.2) is 72.1 Å². The van der Waals surface area contributed by atoms with Gasteiger partial charge in [0, 0.05) is 62.1 Å². The van der Waals surface area contributed by atoms with E-state index in [9.17, 15) is 22.8 Å². The molecule has 0 aliphatic carbocycles. The first-order valence-electron chi connectivity index (χ1n) is 12.9. The molecule has 14 heteroatoms. The molecule has 1 aliphatic rings. The number of amides is 2. The van der Waals surface area contributed by atoms with E-state index in [1.165, 1.54) is 43.8 Å². The van der Waals surface area contributed by atoms with E-state index in [2.05, 4.69) is 30.2 Å². The third-order valence-corrected chi connectivity index (χ3v) is 6.71. The summed E-state index contributed by atoms with van der Waals surface area (Å²) in [5.74, 6) is -0.218. The second kappa shape index (κ2) is 12.0. The van der Waals surface area contributed by atoms with Crippen molar-refractivity contribution in [2.24, 2.45) is 0 Å². The predicted octanol–water partition coefficient (Wildman–Crippen LogP) is 5.21. The molecule has 4 aromatic rings. The molecule has 1 aliphatic heterocycles. The maximum Gasteiger partial charge on any atom is 0.416 e. The Hall–Kier alpha value is -4.69. The molecule has 220 valence electrons. The zero-order valence-corrected chi connectivity index (χ0v) is 22.7. The van der Waals surface area contributed by atoms with E-state index >= 15 is 0 Å². The lowest BCUT2D eigenvalue weighted by Crippen LogP contribution is -2.44. The first-order valence-corrected chi connectivity index (χ1v) is 12.9. The number of anilines is 2. The molecule has 1 fully saturated rings. The number of methoxy groups -OCH3 is 1. The van der Waals surface area contributed by atoms with Crippen LogP contribution in [-0.2, 0) is 17.5 Å². The lowest BCUT2D eigenvalue weighted by atomic mass is 10.0. The molecule has 2 aromatic heterocycles. The molecule has 1 saturated heterocycles. The number of likely N-dealkylation sites (N-methyl/N-ethyl adjacent to an activating group) is 1. The molecule has 0 radical (unpaired) electrons. The van der Waals surface area contributed by atoms with Gasteiger partial charge in [-0.05, 0) is 36.9 Å². The van der Waals surface area contributed by atoms with Crippen LogP contribution in [0.25, 0.3) is 11.0 Å². The Kier molecular flexibility index (Phi) is 8.27. The van der Waals surface area contributed by atoms with E-state index in [1.807, 2.05) is 11.9 Å². The van der Waals surface area contributed by atoms with Crippen molar-refractivity contribution >= 4 is 34.6 Å². The van der Waals surface area contributed by atoms with Gasteiger partial charge in [0.2, 0.25) is 11.8 Å². The molecular weight excluding hydrogens is 557 g/mol. The zero-order valence-electron chi connectivity index (χ0n) is 22.7. The normalized spacial score (nSPS) is 14.5. The van der Waals surface area contributed by atoms with Crippen LogP contribution in [0.3, 0.4) is 0 Å². The maximum absolute atomic E-state index is 14.0. The lowest BCUT2D eigenvalue weighted by molar-refractivity contribution is -0.138. The van der Waals surface area contributed by atoms with Gasteiger partial charge in [-0.25, -0.2) is 9.78 Å². The standard InChI is InChI=1S/C28H27F3N6O5/c1-36-9-11-37(12-10-36)15-17-3-4-18(13-22(17)28(29,30)31)33-25(38)21-16-41-23-14-19(5-6-20(21)23)42-24-7-8-32-26(34-24)35-27(39)40-2/h3-8,13-14,16H,9-12,15H2,1-2H3,(H,33,38)(H,32,34,35,39). The summed E-state index contributed by atoms with van der Waals surface area (Å²) in [7, 11) is 3.18. The molecule has 0 saturated carbocycles. The fourth-order valence-corrected chi connectivity index (χ4v) is 4.47. The van der Waals surface area contributed by atoms with Crippen molar-refractivity contribution in [2.75, 3.05) is 51.0 Å². The highest BCUT2D eigenvalue weighted by molar-refractivity contribution is 6.12. The van der Waals surface area contributed by atoms with Crippen LogP contribution in [0.4, 0.5) is 29.6 Å². The van der Waals surface area contributed by atoms with Crippen molar-refractivity contribution in [1.82, 2.24) is 19.8 Å². The molecule has 2 amide bonds. The Morgan fingerprint density at radius 2 is 1.83 bits per heavy atom. The number of rotatable bonds is 7. The summed E-state index contributed by atoms with van der Waals surface area (Å²) in [5, 5.41) is 5.31. The summed E-state index contributed by atoms with van der Waals surface area (Å²) in [6.45, 7) is 3.11. The largest absolute Gasteiger partial charge is 0.463 e. The van der Waals surface area contributed by atoms with Gasteiger partial charge in [-0.15, -0.1) is 0 Å². The van der Waals surface area contributed by atoms with E-state index in [4.69, 9.17) is 9.15 Å². The van der Waals surface area contributed by atoms with Crippen LogP contribution in [0.15, 0.2) is 59.3 Å². The first-order chi connectivity index (χ1) is 20.1. The minimum Gasteiger partial charge on any atom is -0.463 e. The molecule has 0 unspecified atom stereocenters. The Labute approximate surface area is 238 Å². The topological polar surface area (TPSA) is 122 Å². The maximum atomic E-state index is 14.0. The fraction of sp³-hybridized carbons (Fsp3) is 0.286. The van der Waals surface area contributed by atoms with Gasteiger partial charge >= 0.3 is 12.3 Å². The van der Waals surface area contributed by atoms with Crippen LogP contribution < -0.4 is 15.4 Å².